The highest BCUT2D eigenvalue weighted by Gasteiger charge is 2.25. The van der Waals surface area contributed by atoms with E-state index in [2.05, 4.69) is 58.2 Å². The van der Waals surface area contributed by atoms with E-state index < -0.39 is 0 Å². The van der Waals surface area contributed by atoms with Crippen molar-refractivity contribution in [3.05, 3.63) is 28.2 Å². The molecule has 1 aromatic carbocycles. The van der Waals surface area contributed by atoms with Crippen molar-refractivity contribution < 1.29 is 0 Å². The Morgan fingerprint density at radius 2 is 1.95 bits per heavy atom. The first-order valence-electron chi connectivity index (χ1n) is 7.80. The number of anilines is 1. The van der Waals surface area contributed by atoms with E-state index in [-0.39, 0.29) is 0 Å². The van der Waals surface area contributed by atoms with Gasteiger partial charge in [-0.1, -0.05) is 35.8 Å². The third kappa shape index (κ3) is 3.56. The first-order valence-corrected chi connectivity index (χ1v) is 8.60. The van der Waals surface area contributed by atoms with E-state index in [1.807, 2.05) is 0 Å². The lowest BCUT2D eigenvalue weighted by molar-refractivity contribution is 0.280. The van der Waals surface area contributed by atoms with Crippen LogP contribution in [0.1, 0.15) is 45.1 Å². The summed E-state index contributed by atoms with van der Waals surface area (Å²) in [6.07, 6.45) is 5.27. The summed E-state index contributed by atoms with van der Waals surface area (Å²) >= 11 is 3.74. The molecule has 1 aromatic rings. The van der Waals surface area contributed by atoms with Crippen LogP contribution in [0.4, 0.5) is 5.69 Å². The molecule has 0 unspecified atom stereocenters. The molecule has 0 bridgehead atoms. The smallest absolute Gasteiger partial charge is 0.0377 e. The minimum Gasteiger partial charge on any atom is -0.371 e. The number of nitrogens with one attached hydrogen (secondary N) is 1. The Balaban J connectivity index is 1.63. The fraction of sp³-hybridized carbons (Fsp3) is 0.647. The highest BCUT2D eigenvalue weighted by Crippen LogP contribution is 2.33. The van der Waals surface area contributed by atoms with Crippen LogP contribution in [-0.4, -0.2) is 19.1 Å². The molecule has 1 saturated carbocycles. The van der Waals surface area contributed by atoms with Crippen LogP contribution in [0.5, 0.6) is 0 Å². The van der Waals surface area contributed by atoms with E-state index in [1.165, 1.54) is 54.5 Å². The summed E-state index contributed by atoms with van der Waals surface area (Å²) in [4.78, 5) is 2.52. The molecule has 3 heteroatoms. The molecule has 1 aliphatic carbocycles. The van der Waals surface area contributed by atoms with Crippen molar-refractivity contribution in [2.45, 2.75) is 52.1 Å². The van der Waals surface area contributed by atoms with Gasteiger partial charge in [-0.25, -0.2) is 0 Å². The standard InChI is InChI=1S/C17H25BrN2/c1-17(2)7-9-20(10-8-17)15-6-3-13(16(18)11-15)12-19-14-4-5-14/h3,6,11,14,19H,4-5,7-10,12H2,1-2H3. The summed E-state index contributed by atoms with van der Waals surface area (Å²) < 4.78 is 1.24. The van der Waals surface area contributed by atoms with Crippen LogP contribution in [0.15, 0.2) is 22.7 Å². The summed E-state index contributed by atoms with van der Waals surface area (Å²) in [6.45, 7) is 8.11. The maximum Gasteiger partial charge on any atom is 0.0377 e. The summed E-state index contributed by atoms with van der Waals surface area (Å²) in [5.41, 5.74) is 3.25. The molecule has 2 aliphatic rings. The zero-order valence-electron chi connectivity index (χ0n) is 12.6. The minimum absolute atomic E-state index is 0.516. The molecule has 0 radical (unpaired) electrons. The normalized spacial score (nSPS) is 22.1. The van der Waals surface area contributed by atoms with E-state index in [0.717, 1.165) is 12.6 Å². The fourth-order valence-corrected chi connectivity index (χ4v) is 3.30. The van der Waals surface area contributed by atoms with Crippen molar-refractivity contribution in [2.75, 3.05) is 18.0 Å². The molecular formula is C17H25BrN2. The average Bonchev–Trinajstić information content (AvgIpc) is 3.21. The molecule has 0 amide bonds. The number of nitrogens with zero attached hydrogens (tertiary/aromatic N) is 1. The van der Waals surface area contributed by atoms with Gasteiger partial charge in [-0.2, -0.15) is 0 Å². The second-order valence-corrected chi connectivity index (χ2v) is 7.94. The summed E-state index contributed by atoms with van der Waals surface area (Å²) in [5.74, 6) is 0. The summed E-state index contributed by atoms with van der Waals surface area (Å²) in [5, 5.41) is 3.58. The summed E-state index contributed by atoms with van der Waals surface area (Å²) in [6, 6.07) is 7.62. The predicted molar refractivity (Wildman–Crippen MR) is 89.2 cm³/mol. The lowest BCUT2D eigenvalue weighted by Crippen LogP contribution is -2.37. The number of hydrogen-bond acceptors (Lipinski definition) is 2. The third-order valence-electron chi connectivity index (χ3n) is 4.68. The van der Waals surface area contributed by atoms with Crippen LogP contribution in [-0.2, 0) is 6.54 Å². The zero-order chi connectivity index (χ0) is 14.2. The zero-order valence-corrected chi connectivity index (χ0v) is 14.2. The molecule has 1 heterocycles. The van der Waals surface area contributed by atoms with Gasteiger partial charge < -0.3 is 10.2 Å². The minimum atomic E-state index is 0.516. The Morgan fingerprint density at radius 3 is 2.55 bits per heavy atom. The molecule has 1 aliphatic heterocycles. The molecule has 110 valence electrons. The second kappa shape index (κ2) is 5.69. The van der Waals surface area contributed by atoms with Gasteiger partial charge in [0.2, 0.25) is 0 Å². The van der Waals surface area contributed by atoms with Crippen LogP contribution < -0.4 is 10.2 Å². The molecule has 0 atom stereocenters. The average molecular weight is 337 g/mol. The third-order valence-corrected chi connectivity index (χ3v) is 5.42. The van der Waals surface area contributed by atoms with Gasteiger partial charge in [0, 0.05) is 35.8 Å². The van der Waals surface area contributed by atoms with Crippen LogP contribution >= 0.6 is 15.9 Å². The van der Waals surface area contributed by atoms with Gasteiger partial charge in [-0.05, 0) is 48.8 Å². The van der Waals surface area contributed by atoms with Gasteiger partial charge in [0.1, 0.15) is 0 Å². The largest absolute Gasteiger partial charge is 0.371 e. The van der Waals surface area contributed by atoms with Crippen molar-refractivity contribution in [2.24, 2.45) is 5.41 Å². The van der Waals surface area contributed by atoms with Crippen LogP contribution in [0.25, 0.3) is 0 Å². The maximum atomic E-state index is 3.74. The first-order chi connectivity index (χ1) is 9.53. The van der Waals surface area contributed by atoms with Gasteiger partial charge in [-0.15, -0.1) is 0 Å². The second-order valence-electron chi connectivity index (χ2n) is 7.08. The van der Waals surface area contributed by atoms with E-state index in [0.29, 0.717) is 5.41 Å². The number of rotatable bonds is 4. The molecule has 2 fully saturated rings. The van der Waals surface area contributed by atoms with Crippen molar-refractivity contribution >= 4 is 21.6 Å². The number of halogens is 1. The fourth-order valence-electron chi connectivity index (χ4n) is 2.79. The molecule has 3 rings (SSSR count). The van der Waals surface area contributed by atoms with E-state index >= 15 is 0 Å². The predicted octanol–water partition coefficient (Wildman–Crippen LogP) is 4.33. The van der Waals surface area contributed by atoms with Crippen molar-refractivity contribution in [1.29, 1.82) is 0 Å². The Labute approximate surface area is 131 Å². The van der Waals surface area contributed by atoms with E-state index in [4.69, 9.17) is 0 Å². The topological polar surface area (TPSA) is 15.3 Å². The van der Waals surface area contributed by atoms with Gasteiger partial charge in [0.05, 0.1) is 0 Å². The highest BCUT2D eigenvalue weighted by molar-refractivity contribution is 9.10. The molecule has 0 spiro atoms. The number of hydrogen-bond donors (Lipinski definition) is 1. The summed E-state index contributed by atoms with van der Waals surface area (Å²) in [7, 11) is 0. The molecule has 0 aromatic heterocycles. The van der Waals surface area contributed by atoms with Gasteiger partial charge in [-0.3, -0.25) is 0 Å². The van der Waals surface area contributed by atoms with Gasteiger partial charge in [0.25, 0.3) is 0 Å². The van der Waals surface area contributed by atoms with Gasteiger partial charge >= 0.3 is 0 Å². The first kappa shape index (κ1) is 14.4. The molecule has 1 saturated heterocycles. The van der Waals surface area contributed by atoms with Crippen LogP contribution in [0, 0.1) is 5.41 Å². The lowest BCUT2D eigenvalue weighted by atomic mass is 9.82. The number of benzene rings is 1. The monoisotopic (exact) mass is 336 g/mol. The quantitative estimate of drug-likeness (QED) is 0.880. The van der Waals surface area contributed by atoms with E-state index in [9.17, 15) is 0 Å². The molecule has 2 nitrogen and oxygen atoms in total. The van der Waals surface area contributed by atoms with Crippen LogP contribution in [0.3, 0.4) is 0 Å². The highest BCUT2D eigenvalue weighted by atomic mass is 79.9. The number of piperidine rings is 1. The molecule has 1 N–H and O–H groups in total. The van der Waals surface area contributed by atoms with Crippen molar-refractivity contribution in [3.63, 3.8) is 0 Å². The Kier molecular flexibility index (Phi) is 4.09. The Morgan fingerprint density at radius 1 is 1.25 bits per heavy atom. The van der Waals surface area contributed by atoms with Crippen molar-refractivity contribution in [3.8, 4) is 0 Å². The van der Waals surface area contributed by atoms with Gasteiger partial charge in [0.15, 0.2) is 0 Å². The lowest BCUT2D eigenvalue weighted by Gasteiger charge is -2.38. The van der Waals surface area contributed by atoms with Crippen molar-refractivity contribution in [1.82, 2.24) is 5.32 Å². The van der Waals surface area contributed by atoms with E-state index in [1.54, 1.807) is 0 Å². The maximum absolute atomic E-state index is 3.74. The SMILES string of the molecule is CC1(C)CCN(c2ccc(CNC3CC3)c(Br)c2)CC1. The van der Waals surface area contributed by atoms with Crippen LogP contribution in [0.2, 0.25) is 0 Å². The Bertz CT molecular complexity index is 470. The molecular weight excluding hydrogens is 312 g/mol. The molecule has 20 heavy (non-hydrogen) atoms. The Hall–Kier alpha value is -0.540.